The van der Waals surface area contributed by atoms with E-state index in [9.17, 15) is 16.8 Å². The van der Waals surface area contributed by atoms with Crippen LogP contribution in [0.4, 0.5) is 0 Å². The zero-order valence-electron chi connectivity index (χ0n) is 16.7. The summed E-state index contributed by atoms with van der Waals surface area (Å²) < 4.78 is 62.7. The third-order valence-electron chi connectivity index (χ3n) is 5.20. The second-order valence-corrected chi connectivity index (χ2v) is 10.8. The quantitative estimate of drug-likeness (QED) is 0.650. The Morgan fingerprint density at radius 2 is 1.90 bits per heavy atom. The van der Waals surface area contributed by atoms with Crippen LogP contribution >= 0.6 is 0 Å². The molecule has 2 aromatic rings. The van der Waals surface area contributed by atoms with Crippen molar-refractivity contribution in [3.05, 3.63) is 42.4 Å². The minimum atomic E-state index is -3.83. The van der Waals surface area contributed by atoms with E-state index in [4.69, 9.17) is 4.74 Å². The van der Waals surface area contributed by atoms with Gasteiger partial charge in [0.25, 0.3) is 10.0 Å². The highest BCUT2D eigenvalue weighted by molar-refractivity contribution is 7.89. The molecule has 1 N–H and O–H groups in total. The average molecular weight is 443 g/mol. The van der Waals surface area contributed by atoms with Crippen molar-refractivity contribution in [1.29, 1.82) is 0 Å². The molecule has 1 atom stereocenters. The highest BCUT2D eigenvalue weighted by Crippen LogP contribution is 2.31. The van der Waals surface area contributed by atoms with Crippen molar-refractivity contribution in [3.8, 4) is 0 Å². The lowest BCUT2D eigenvalue weighted by Crippen LogP contribution is -2.51. The molecule has 1 unspecified atom stereocenters. The Labute approximate surface area is 171 Å². The number of hydrogen-bond donors (Lipinski definition) is 1. The average Bonchev–Trinajstić information content (AvgIpc) is 3.25. The molecule has 29 heavy (non-hydrogen) atoms. The third-order valence-corrected chi connectivity index (χ3v) is 8.51. The minimum absolute atomic E-state index is 0.0143. The zero-order valence-corrected chi connectivity index (χ0v) is 18.3. The van der Waals surface area contributed by atoms with Gasteiger partial charge in [0.1, 0.15) is 5.82 Å². The number of rotatable bonds is 8. The van der Waals surface area contributed by atoms with Crippen LogP contribution in [0.3, 0.4) is 0 Å². The van der Waals surface area contributed by atoms with Crippen LogP contribution in [0.25, 0.3) is 0 Å². The lowest BCUT2D eigenvalue weighted by atomic mass is 9.96. The SMILES string of the molecule is COCCC1(NS(=O)(=O)c2ccccc2)CCN(S(=O)(=O)c2cn(C)c(C)n2)C1. The van der Waals surface area contributed by atoms with E-state index in [2.05, 4.69) is 9.71 Å². The van der Waals surface area contributed by atoms with E-state index in [-0.39, 0.29) is 23.0 Å². The van der Waals surface area contributed by atoms with E-state index in [0.29, 0.717) is 25.3 Å². The van der Waals surface area contributed by atoms with Crippen LogP contribution in [0.2, 0.25) is 0 Å². The summed E-state index contributed by atoms with van der Waals surface area (Å²) in [6, 6.07) is 8.04. The lowest BCUT2D eigenvalue weighted by Gasteiger charge is -2.30. The van der Waals surface area contributed by atoms with E-state index < -0.39 is 25.6 Å². The summed E-state index contributed by atoms with van der Waals surface area (Å²) >= 11 is 0. The number of imidazole rings is 1. The summed E-state index contributed by atoms with van der Waals surface area (Å²) in [5.41, 5.74) is -0.957. The van der Waals surface area contributed by atoms with Gasteiger partial charge in [0.05, 0.1) is 10.4 Å². The molecule has 1 aliphatic rings. The van der Waals surface area contributed by atoms with Crippen LogP contribution in [0.5, 0.6) is 0 Å². The first-order valence-electron chi connectivity index (χ1n) is 9.18. The fourth-order valence-corrected chi connectivity index (χ4v) is 6.43. The molecule has 0 spiro atoms. The molecule has 9 nitrogen and oxygen atoms in total. The third kappa shape index (κ3) is 4.53. The van der Waals surface area contributed by atoms with Crippen molar-refractivity contribution in [2.45, 2.75) is 35.2 Å². The molecule has 11 heteroatoms. The fourth-order valence-electron chi connectivity index (χ4n) is 3.40. The molecular formula is C18H26N4O5S2. The van der Waals surface area contributed by atoms with Gasteiger partial charge in [-0.15, -0.1) is 0 Å². The van der Waals surface area contributed by atoms with Gasteiger partial charge in [-0.05, 0) is 31.9 Å². The standard InChI is InChI=1S/C18H26N4O5S2/c1-15-19-17(13-21(15)2)29(25,26)22-11-9-18(14-22,10-12-27-3)20-28(23,24)16-7-5-4-6-8-16/h4-8,13,20H,9-12,14H2,1-3H3. The van der Waals surface area contributed by atoms with Gasteiger partial charge < -0.3 is 9.30 Å². The molecule has 0 radical (unpaired) electrons. The van der Waals surface area contributed by atoms with Crippen LogP contribution < -0.4 is 4.72 Å². The summed E-state index contributed by atoms with van der Waals surface area (Å²) in [7, 11) is -4.39. The molecule has 1 fully saturated rings. The molecule has 1 aliphatic heterocycles. The van der Waals surface area contributed by atoms with Crippen LogP contribution in [0.1, 0.15) is 18.7 Å². The van der Waals surface area contributed by atoms with Crippen LogP contribution in [0, 0.1) is 6.92 Å². The number of nitrogens with one attached hydrogen (secondary N) is 1. The molecule has 1 aromatic heterocycles. The normalized spacial score (nSPS) is 20.9. The molecule has 0 bridgehead atoms. The summed E-state index contributed by atoms with van der Waals surface area (Å²) in [6.45, 7) is 2.23. The van der Waals surface area contributed by atoms with E-state index in [0.717, 1.165) is 0 Å². The maximum absolute atomic E-state index is 13.0. The van der Waals surface area contributed by atoms with Gasteiger partial charge in [-0.3, -0.25) is 0 Å². The first kappa shape index (κ1) is 21.9. The van der Waals surface area contributed by atoms with Gasteiger partial charge in [-0.1, -0.05) is 18.2 Å². The number of benzene rings is 1. The maximum atomic E-state index is 13.0. The summed E-state index contributed by atoms with van der Waals surface area (Å²) in [5.74, 6) is 0.582. The van der Waals surface area contributed by atoms with E-state index >= 15 is 0 Å². The number of nitrogens with zero attached hydrogens (tertiary/aromatic N) is 3. The first-order valence-corrected chi connectivity index (χ1v) is 12.1. The van der Waals surface area contributed by atoms with Crippen molar-refractivity contribution in [1.82, 2.24) is 18.6 Å². The maximum Gasteiger partial charge on any atom is 0.262 e. The monoisotopic (exact) mass is 442 g/mol. The minimum Gasteiger partial charge on any atom is -0.385 e. The van der Waals surface area contributed by atoms with Crippen LogP contribution in [-0.4, -0.2) is 63.0 Å². The predicted octanol–water partition coefficient (Wildman–Crippen LogP) is 0.877. The highest BCUT2D eigenvalue weighted by Gasteiger charge is 2.45. The topological polar surface area (TPSA) is 111 Å². The molecule has 0 amide bonds. The van der Waals surface area contributed by atoms with Crippen molar-refractivity contribution < 1.29 is 21.6 Å². The van der Waals surface area contributed by atoms with Crippen molar-refractivity contribution in [2.24, 2.45) is 7.05 Å². The Morgan fingerprint density at radius 1 is 1.21 bits per heavy atom. The Hall–Kier alpha value is -1.79. The number of sulfonamides is 2. The zero-order chi connectivity index (χ0) is 21.3. The molecule has 160 valence electrons. The Morgan fingerprint density at radius 3 is 2.48 bits per heavy atom. The number of aromatic nitrogens is 2. The lowest BCUT2D eigenvalue weighted by molar-refractivity contribution is 0.165. The van der Waals surface area contributed by atoms with Crippen molar-refractivity contribution >= 4 is 20.0 Å². The second kappa shape index (κ2) is 8.15. The number of ether oxygens (including phenoxy) is 1. The molecule has 3 rings (SSSR count). The fraction of sp³-hybridized carbons (Fsp3) is 0.500. The molecule has 1 saturated heterocycles. The Bertz CT molecular complexity index is 1050. The van der Waals surface area contributed by atoms with Crippen LogP contribution in [-0.2, 0) is 31.8 Å². The van der Waals surface area contributed by atoms with E-state index in [1.807, 2.05) is 0 Å². The Balaban J connectivity index is 1.88. The van der Waals surface area contributed by atoms with Gasteiger partial charge in [-0.25, -0.2) is 26.5 Å². The number of hydrogen-bond acceptors (Lipinski definition) is 6. The van der Waals surface area contributed by atoms with E-state index in [1.165, 1.54) is 29.7 Å². The smallest absolute Gasteiger partial charge is 0.262 e. The predicted molar refractivity (Wildman–Crippen MR) is 107 cm³/mol. The highest BCUT2D eigenvalue weighted by atomic mass is 32.2. The molecular weight excluding hydrogens is 416 g/mol. The van der Waals surface area contributed by atoms with Gasteiger partial charge in [0.2, 0.25) is 10.0 Å². The Kier molecular flexibility index (Phi) is 6.16. The van der Waals surface area contributed by atoms with Crippen molar-refractivity contribution in [2.75, 3.05) is 26.8 Å². The summed E-state index contributed by atoms with van der Waals surface area (Å²) in [5, 5.41) is -0.0361. The van der Waals surface area contributed by atoms with Gasteiger partial charge in [-0.2, -0.15) is 4.31 Å². The molecule has 0 saturated carbocycles. The summed E-state index contributed by atoms with van der Waals surface area (Å²) in [4.78, 5) is 4.27. The molecule has 0 aliphatic carbocycles. The second-order valence-electron chi connectivity index (χ2n) is 7.27. The number of aryl methyl sites for hydroxylation is 2. The summed E-state index contributed by atoms with van der Waals surface area (Å²) in [6.07, 6.45) is 2.16. The molecule has 1 aromatic carbocycles. The van der Waals surface area contributed by atoms with Crippen molar-refractivity contribution in [3.63, 3.8) is 0 Å². The van der Waals surface area contributed by atoms with Gasteiger partial charge in [0, 0.05) is 40.1 Å². The molecule has 2 heterocycles. The largest absolute Gasteiger partial charge is 0.385 e. The number of methoxy groups -OCH3 is 1. The first-order chi connectivity index (χ1) is 13.6. The van der Waals surface area contributed by atoms with Gasteiger partial charge in [0.15, 0.2) is 5.03 Å². The van der Waals surface area contributed by atoms with Gasteiger partial charge >= 0.3 is 0 Å². The van der Waals surface area contributed by atoms with E-state index in [1.54, 1.807) is 36.7 Å². The van der Waals surface area contributed by atoms with Crippen LogP contribution in [0.15, 0.2) is 46.5 Å².